The summed E-state index contributed by atoms with van der Waals surface area (Å²) in [6, 6.07) is 0.253. The van der Waals surface area contributed by atoms with Crippen molar-refractivity contribution in [2.24, 2.45) is 5.92 Å². The zero-order chi connectivity index (χ0) is 13.3. The van der Waals surface area contributed by atoms with E-state index in [1.807, 2.05) is 7.05 Å². The Bertz CT molecular complexity index is 468. The van der Waals surface area contributed by atoms with E-state index in [4.69, 9.17) is 0 Å². The van der Waals surface area contributed by atoms with Gasteiger partial charge in [-0.25, -0.2) is 4.98 Å². The lowest BCUT2D eigenvalue weighted by atomic mass is 10.2. The number of nitrogens with zero attached hydrogens (tertiary/aromatic N) is 2. The Morgan fingerprint density at radius 1 is 1.56 bits per heavy atom. The quantitative estimate of drug-likeness (QED) is 0.907. The highest BCUT2D eigenvalue weighted by molar-refractivity contribution is 7.14. The van der Waals surface area contributed by atoms with Gasteiger partial charge in [-0.15, -0.1) is 11.3 Å². The first-order valence-electron chi connectivity index (χ1n) is 5.99. The molecule has 0 aromatic carbocycles. The molecule has 0 unspecified atom stereocenters. The Kier molecular flexibility index (Phi) is 3.65. The largest absolute Gasteiger partial charge is 0.337 e. The third-order valence-corrected chi connectivity index (χ3v) is 4.00. The monoisotopic (exact) mass is 267 g/mol. The molecule has 1 aliphatic carbocycles. The summed E-state index contributed by atoms with van der Waals surface area (Å²) in [6.45, 7) is 3.49. The molecule has 1 aromatic rings. The standard InChI is InChI=1S/C12H17N3O2S/c1-7(9-4-5-9)15(3)11(17)10-6-18-12(14-10)13-8(2)16/h6-7,9H,4-5H2,1-3H3,(H,13,14,16)/t7-/m1/s1. The summed E-state index contributed by atoms with van der Waals surface area (Å²) in [5.41, 5.74) is 0.402. The van der Waals surface area contributed by atoms with Crippen LogP contribution in [0, 0.1) is 5.92 Å². The Labute approximate surface area is 110 Å². The van der Waals surface area contributed by atoms with Crippen LogP contribution in [-0.4, -0.2) is 34.8 Å². The van der Waals surface area contributed by atoms with Crippen LogP contribution in [0.4, 0.5) is 5.13 Å². The minimum absolute atomic E-state index is 0.0812. The average Bonchev–Trinajstić information content (AvgIpc) is 3.07. The molecule has 5 nitrogen and oxygen atoms in total. The topological polar surface area (TPSA) is 62.3 Å². The molecule has 1 saturated carbocycles. The second-order valence-corrected chi connectivity index (χ2v) is 5.57. The number of hydrogen-bond acceptors (Lipinski definition) is 4. The molecule has 1 aromatic heterocycles. The van der Waals surface area contributed by atoms with Crippen molar-refractivity contribution >= 4 is 28.3 Å². The maximum Gasteiger partial charge on any atom is 0.273 e. The summed E-state index contributed by atoms with van der Waals surface area (Å²) in [4.78, 5) is 28.9. The third kappa shape index (κ3) is 2.87. The predicted molar refractivity (Wildman–Crippen MR) is 70.7 cm³/mol. The number of amides is 2. The molecular weight excluding hydrogens is 250 g/mol. The number of carbonyl (C=O) groups excluding carboxylic acids is 2. The molecule has 2 amide bonds. The maximum absolute atomic E-state index is 12.2. The van der Waals surface area contributed by atoms with Gasteiger partial charge in [-0.2, -0.15) is 0 Å². The average molecular weight is 267 g/mol. The van der Waals surface area contributed by atoms with Crippen LogP contribution in [0.1, 0.15) is 37.2 Å². The lowest BCUT2D eigenvalue weighted by molar-refractivity contribution is -0.114. The van der Waals surface area contributed by atoms with E-state index in [1.54, 1.807) is 10.3 Å². The van der Waals surface area contributed by atoms with Crippen LogP contribution in [0.15, 0.2) is 5.38 Å². The van der Waals surface area contributed by atoms with Crippen LogP contribution in [0.3, 0.4) is 0 Å². The van der Waals surface area contributed by atoms with Gasteiger partial charge >= 0.3 is 0 Å². The van der Waals surface area contributed by atoms with E-state index in [0.29, 0.717) is 16.7 Å². The van der Waals surface area contributed by atoms with Gasteiger partial charge in [0.1, 0.15) is 5.69 Å². The predicted octanol–water partition coefficient (Wildman–Crippen LogP) is 1.97. The highest BCUT2D eigenvalue weighted by atomic mass is 32.1. The summed E-state index contributed by atoms with van der Waals surface area (Å²) < 4.78 is 0. The molecule has 1 fully saturated rings. The molecule has 18 heavy (non-hydrogen) atoms. The number of rotatable bonds is 4. The summed E-state index contributed by atoms with van der Waals surface area (Å²) in [5.74, 6) is 0.373. The molecule has 2 rings (SSSR count). The zero-order valence-corrected chi connectivity index (χ0v) is 11.6. The first-order chi connectivity index (χ1) is 8.49. The molecule has 1 aliphatic rings. The van der Waals surface area contributed by atoms with Gasteiger partial charge in [0.2, 0.25) is 5.91 Å². The molecule has 1 atom stereocenters. The van der Waals surface area contributed by atoms with E-state index < -0.39 is 0 Å². The van der Waals surface area contributed by atoms with Crippen molar-refractivity contribution in [3.05, 3.63) is 11.1 Å². The van der Waals surface area contributed by atoms with Gasteiger partial charge in [-0.1, -0.05) is 0 Å². The number of carbonyl (C=O) groups is 2. The van der Waals surface area contributed by atoms with Crippen molar-refractivity contribution in [1.82, 2.24) is 9.88 Å². The van der Waals surface area contributed by atoms with Crippen molar-refractivity contribution in [3.8, 4) is 0 Å². The van der Waals surface area contributed by atoms with Gasteiger partial charge in [-0.05, 0) is 25.7 Å². The molecule has 1 N–H and O–H groups in total. The fourth-order valence-corrected chi connectivity index (χ4v) is 2.57. The van der Waals surface area contributed by atoms with Crippen LogP contribution >= 0.6 is 11.3 Å². The van der Waals surface area contributed by atoms with Gasteiger partial charge in [0, 0.05) is 25.4 Å². The van der Waals surface area contributed by atoms with Crippen molar-refractivity contribution < 1.29 is 9.59 Å². The molecule has 98 valence electrons. The second kappa shape index (κ2) is 5.06. The van der Waals surface area contributed by atoms with E-state index in [-0.39, 0.29) is 17.9 Å². The highest BCUT2D eigenvalue weighted by Crippen LogP contribution is 2.35. The Morgan fingerprint density at radius 3 is 2.78 bits per heavy atom. The van der Waals surface area contributed by atoms with E-state index in [2.05, 4.69) is 17.2 Å². The number of thiazole rings is 1. The van der Waals surface area contributed by atoms with Crippen LogP contribution in [0.2, 0.25) is 0 Å². The van der Waals surface area contributed by atoms with Crippen molar-refractivity contribution in [3.63, 3.8) is 0 Å². The fourth-order valence-electron chi connectivity index (χ4n) is 1.84. The van der Waals surface area contributed by atoms with Crippen molar-refractivity contribution in [1.29, 1.82) is 0 Å². The van der Waals surface area contributed by atoms with Crippen LogP contribution in [0.25, 0.3) is 0 Å². The Balaban J connectivity index is 2.03. The molecule has 6 heteroatoms. The third-order valence-electron chi connectivity index (χ3n) is 3.24. The van der Waals surface area contributed by atoms with E-state index in [9.17, 15) is 9.59 Å². The summed E-state index contributed by atoms with van der Waals surface area (Å²) >= 11 is 1.27. The normalized spacial score (nSPS) is 16.2. The van der Waals surface area contributed by atoms with Gasteiger partial charge in [0.25, 0.3) is 5.91 Å². The molecule has 0 radical (unpaired) electrons. The molecule has 0 aliphatic heterocycles. The summed E-state index contributed by atoms with van der Waals surface area (Å²) in [7, 11) is 1.81. The minimum atomic E-state index is -0.178. The summed E-state index contributed by atoms with van der Waals surface area (Å²) in [6.07, 6.45) is 2.40. The smallest absolute Gasteiger partial charge is 0.273 e. The zero-order valence-electron chi connectivity index (χ0n) is 10.8. The number of hydrogen-bond donors (Lipinski definition) is 1. The molecule has 0 bridgehead atoms. The molecular formula is C12H17N3O2S. The van der Waals surface area contributed by atoms with Crippen LogP contribution in [-0.2, 0) is 4.79 Å². The SMILES string of the molecule is CC(=O)Nc1nc(C(=O)N(C)[C@H](C)C2CC2)cs1. The molecule has 1 heterocycles. The second-order valence-electron chi connectivity index (χ2n) is 4.71. The molecule has 0 saturated heterocycles. The number of nitrogens with one attached hydrogen (secondary N) is 1. The Hall–Kier alpha value is -1.43. The summed E-state index contributed by atoms with van der Waals surface area (Å²) in [5, 5.41) is 4.74. The van der Waals surface area contributed by atoms with Gasteiger partial charge in [0.15, 0.2) is 5.13 Å². The van der Waals surface area contributed by atoms with Gasteiger partial charge in [-0.3, -0.25) is 9.59 Å². The molecule has 0 spiro atoms. The van der Waals surface area contributed by atoms with Crippen LogP contribution in [0.5, 0.6) is 0 Å². The van der Waals surface area contributed by atoms with Crippen LogP contribution < -0.4 is 5.32 Å². The number of aromatic nitrogens is 1. The van der Waals surface area contributed by atoms with Gasteiger partial charge < -0.3 is 10.2 Å². The first kappa shape index (κ1) is 13.0. The lowest BCUT2D eigenvalue weighted by Gasteiger charge is -2.23. The first-order valence-corrected chi connectivity index (χ1v) is 6.87. The van der Waals surface area contributed by atoms with Crippen molar-refractivity contribution in [2.45, 2.75) is 32.7 Å². The van der Waals surface area contributed by atoms with E-state index in [0.717, 1.165) is 0 Å². The van der Waals surface area contributed by atoms with Gasteiger partial charge in [0.05, 0.1) is 0 Å². The number of anilines is 1. The van der Waals surface area contributed by atoms with Crippen molar-refractivity contribution in [2.75, 3.05) is 12.4 Å². The fraction of sp³-hybridized carbons (Fsp3) is 0.583. The minimum Gasteiger partial charge on any atom is -0.337 e. The maximum atomic E-state index is 12.2. The van der Waals surface area contributed by atoms with E-state index in [1.165, 1.54) is 31.1 Å². The van der Waals surface area contributed by atoms with E-state index >= 15 is 0 Å². The lowest BCUT2D eigenvalue weighted by Crippen LogP contribution is -2.36. The Morgan fingerprint density at radius 2 is 2.22 bits per heavy atom. The highest BCUT2D eigenvalue weighted by Gasteiger charge is 2.33.